The van der Waals surface area contributed by atoms with E-state index in [0.717, 1.165) is 12.8 Å². The molecule has 0 aromatic rings. The fraction of sp³-hybridized carbons (Fsp3) is 0.647. The van der Waals surface area contributed by atoms with E-state index in [9.17, 15) is 0 Å². The van der Waals surface area contributed by atoms with Gasteiger partial charge in [0.2, 0.25) is 0 Å². The predicted octanol–water partition coefficient (Wildman–Crippen LogP) is 6.21. The lowest BCUT2D eigenvalue weighted by atomic mass is 10.1. The summed E-state index contributed by atoms with van der Waals surface area (Å²) in [5.74, 6) is 0. The largest absolute Gasteiger partial charge is 0.0882 e. The van der Waals surface area contributed by atoms with E-state index in [2.05, 4.69) is 50.3 Å². The quantitative estimate of drug-likeness (QED) is 0.295. The minimum absolute atomic E-state index is 1.09. The van der Waals surface area contributed by atoms with Crippen molar-refractivity contribution in [2.24, 2.45) is 0 Å². The van der Waals surface area contributed by atoms with Crippen molar-refractivity contribution in [2.45, 2.75) is 71.6 Å². The van der Waals surface area contributed by atoms with Crippen molar-refractivity contribution in [1.29, 1.82) is 0 Å². The van der Waals surface area contributed by atoms with Crippen molar-refractivity contribution in [2.75, 3.05) is 0 Å². The topological polar surface area (TPSA) is 0 Å². The first-order valence-electron chi connectivity index (χ1n) is 7.36. The van der Waals surface area contributed by atoms with Crippen molar-refractivity contribution in [3.8, 4) is 0 Å². The maximum atomic E-state index is 2.33. The zero-order valence-corrected chi connectivity index (χ0v) is 11.8. The molecular formula is C17H30. The van der Waals surface area contributed by atoms with Crippen LogP contribution in [-0.4, -0.2) is 0 Å². The predicted molar refractivity (Wildman–Crippen MR) is 80.3 cm³/mol. The molecule has 0 rings (SSSR count). The van der Waals surface area contributed by atoms with Gasteiger partial charge in [0.1, 0.15) is 0 Å². The van der Waals surface area contributed by atoms with Crippen molar-refractivity contribution in [3.05, 3.63) is 36.5 Å². The van der Waals surface area contributed by atoms with Crippen LogP contribution in [0.5, 0.6) is 0 Å². The highest BCUT2D eigenvalue weighted by Gasteiger charge is 1.83. The van der Waals surface area contributed by atoms with Gasteiger partial charge in [0.15, 0.2) is 0 Å². The summed E-state index contributed by atoms with van der Waals surface area (Å²) in [7, 11) is 0. The maximum absolute atomic E-state index is 2.33. The Kier molecular flexibility index (Phi) is 14.5. The molecule has 0 spiro atoms. The molecule has 0 aliphatic rings. The average Bonchev–Trinajstić information content (AvgIpc) is 2.35. The van der Waals surface area contributed by atoms with Gasteiger partial charge in [0.25, 0.3) is 0 Å². The molecule has 0 unspecified atom stereocenters. The second-order valence-corrected chi connectivity index (χ2v) is 4.52. The maximum Gasteiger partial charge on any atom is -0.0169 e. The van der Waals surface area contributed by atoms with Gasteiger partial charge in [-0.2, -0.15) is 0 Å². The number of rotatable bonds is 11. The van der Waals surface area contributed by atoms with Crippen LogP contribution in [0.3, 0.4) is 0 Å². The number of hydrogen-bond donors (Lipinski definition) is 0. The summed E-state index contributed by atoms with van der Waals surface area (Å²) in [6.45, 7) is 4.47. The molecule has 0 aliphatic heterocycles. The van der Waals surface area contributed by atoms with Crippen LogP contribution in [0.4, 0.5) is 0 Å². The molecule has 0 atom stereocenters. The Hall–Kier alpha value is -0.780. The van der Waals surface area contributed by atoms with E-state index in [1.165, 1.54) is 44.9 Å². The molecule has 0 saturated carbocycles. The van der Waals surface area contributed by atoms with E-state index in [1.54, 1.807) is 0 Å². The van der Waals surface area contributed by atoms with Crippen LogP contribution in [0.1, 0.15) is 71.6 Å². The second-order valence-electron chi connectivity index (χ2n) is 4.52. The fourth-order valence-corrected chi connectivity index (χ4v) is 1.63. The van der Waals surface area contributed by atoms with Crippen LogP contribution in [0, 0.1) is 0 Å². The molecule has 98 valence electrons. The highest BCUT2D eigenvalue weighted by molar-refractivity contribution is 4.97. The SMILES string of the molecule is CCCC=CCC=CCC=CCCCCCC. The monoisotopic (exact) mass is 234 g/mol. The summed E-state index contributed by atoms with van der Waals surface area (Å²) in [5.41, 5.74) is 0. The molecule has 0 N–H and O–H groups in total. The van der Waals surface area contributed by atoms with Crippen molar-refractivity contribution >= 4 is 0 Å². The zero-order valence-electron chi connectivity index (χ0n) is 11.8. The highest BCUT2D eigenvalue weighted by atomic mass is 13.9. The minimum Gasteiger partial charge on any atom is -0.0882 e. The van der Waals surface area contributed by atoms with E-state index < -0.39 is 0 Å². The van der Waals surface area contributed by atoms with E-state index >= 15 is 0 Å². The average molecular weight is 234 g/mol. The zero-order chi connectivity index (χ0) is 12.6. The Balaban J connectivity index is 3.25. The van der Waals surface area contributed by atoms with Crippen molar-refractivity contribution < 1.29 is 0 Å². The fourth-order valence-electron chi connectivity index (χ4n) is 1.63. The Morgan fingerprint density at radius 2 is 1.12 bits per heavy atom. The van der Waals surface area contributed by atoms with Crippen LogP contribution in [0.15, 0.2) is 36.5 Å². The van der Waals surface area contributed by atoms with Crippen LogP contribution < -0.4 is 0 Å². The molecule has 0 amide bonds. The number of hydrogen-bond acceptors (Lipinski definition) is 0. The van der Waals surface area contributed by atoms with Gasteiger partial charge in [-0.05, 0) is 32.1 Å². The number of unbranched alkanes of at least 4 members (excludes halogenated alkanes) is 5. The third-order valence-electron chi connectivity index (χ3n) is 2.72. The van der Waals surface area contributed by atoms with E-state index in [0.29, 0.717) is 0 Å². The molecule has 0 heterocycles. The van der Waals surface area contributed by atoms with Gasteiger partial charge >= 0.3 is 0 Å². The van der Waals surface area contributed by atoms with Gasteiger partial charge in [-0.15, -0.1) is 0 Å². The lowest BCUT2D eigenvalue weighted by molar-refractivity contribution is 0.674. The molecule has 17 heavy (non-hydrogen) atoms. The normalized spacial score (nSPS) is 12.4. The Bertz CT molecular complexity index is 208. The first kappa shape index (κ1) is 16.2. The van der Waals surface area contributed by atoms with Crippen LogP contribution in [0.2, 0.25) is 0 Å². The summed E-state index contributed by atoms with van der Waals surface area (Å²) in [6, 6.07) is 0. The van der Waals surface area contributed by atoms with Gasteiger partial charge in [0.05, 0.1) is 0 Å². The lowest BCUT2D eigenvalue weighted by Crippen LogP contribution is -1.73. The lowest BCUT2D eigenvalue weighted by Gasteiger charge is -1.93. The second kappa shape index (κ2) is 15.2. The summed E-state index contributed by atoms with van der Waals surface area (Å²) < 4.78 is 0. The van der Waals surface area contributed by atoms with E-state index in [-0.39, 0.29) is 0 Å². The summed E-state index contributed by atoms with van der Waals surface area (Å²) in [6.07, 6.45) is 25.0. The molecule has 0 nitrogen and oxygen atoms in total. The van der Waals surface area contributed by atoms with Crippen molar-refractivity contribution in [3.63, 3.8) is 0 Å². The van der Waals surface area contributed by atoms with Gasteiger partial charge in [0, 0.05) is 0 Å². The summed E-state index contributed by atoms with van der Waals surface area (Å²) in [5, 5.41) is 0. The molecular weight excluding hydrogens is 204 g/mol. The molecule has 0 aromatic heterocycles. The molecule has 0 aromatic carbocycles. The third-order valence-corrected chi connectivity index (χ3v) is 2.72. The van der Waals surface area contributed by atoms with Crippen LogP contribution >= 0.6 is 0 Å². The highest BCUT2D eigenvalue weighted by Crippen LogP contribution is 2.03. The van der Waals surface area contributed by atoms with E-state index in [1.807, 2.05) is 0 Å². The molecule has 0 aliphatic carbocycles. The van der Waals surface area contributed by atoms with Crippen LogP contribution in [-0.2, 0) is 0 Å². The third kappa shape index (κ3) is 15.2. The van der Waals surface area contributed by atoms with E-state index in [4.69, 9.17) is 0 Å². The smallest absolute Gasteiger partial charge is 0.0169 e. The first-order chi connectivity index (χ1) is 8.41. The van der Waals surface area contributed by atoms with Gasteiger partial charge < -0.3 is 0 Å². The minimum atomic E-state index is 1.09. The number of allylic oxidation sites excluding steroid dienone is 6. The van der Waals surface area contributed by atoms with Gasteiger partial charge in [-0.3, -0.25) is 0 Å². The molecule has 0 heteroatoms. The van der Waals surface area contributed by atoms with Crippen LogP contribution in [0.25, 0.3) is 0 Å². The first-order valence-corrected chi connectivity index (χ1v) is 7.36. The molecule has 0 saturated heterocycles. The molecule has 0 radical (unpaired) electrons. The van der Waals surface area contributed by atoms with Gasteiger partial charge in [-0.1, -0.05) is 76.0 Å². The Morgan fingerprint density at radius 1 is 0.529 bits per heavy atom. The summed E-state index contributed by atoms with van der Waals surface area (Å²) in [4.78, 5) is 0. The Morgan fingerprint density at radius 3 is 1.71 bits per heavy atom. The standard InChI is InChI=1S/C17H30/c1-3-5-7-9-11-13-15-17-16-14-12-10-8-6-4-2/h7,9,13-16H,3-6,8,10-12,17H2,1-2H3. The van der Waals surface area contributed by atoms with Gasteiger partial charge in [-0.25, -0.2) is 0 Å². The Labute approximate surface area is 109 Å². The van der Waals surface area contributed by atoms with Crippen molar-refractivity contribution in [1.82, 2.24) is 0 Å². The molecule has 0 bridgehead atoms. The molecule has 0 fully saturated rings. The summed E-state index contributed by atoms with van der Waals surface area (Å²) >= 11 is 0.